The van der Waals surface area contributed by atoms with E-state index < -0.39 is 6.10 Å². The Labute approximate surface area is 111 Å². The van der Waals surface area contributed by atoms with E-state index in [2.05, 4.69) is 5.32 Å². The first-order valence-electron chi connectivity index (χ1n) is 5.86. The maximum atomic E-state index is 10.1. The summed E-state index contributed by atoms with van der Waals surface area (Å²) in [5.74, 6) is -0.0171. The van der Waals surface area contributed by atoms with E-state index in [1.165, 1.54) is 12.1 Å². The molecule has 1 amide bonds. The van der Waals surface area contributed by atoms with Gasteiger partial charge in [0.15, 0.2) is 0 Å². The molecule has 4 heteroatoms. The highest BCUT2D eigenvalue weighted by Gasteiger charge is 2.05. The second-order valence-corrected chi connectivity index (χ2v) is 2.71. The quantitative estimate of drug-likeness (QED) is 0.571. The van der Waals surface area contributed by atoms with Crippen LogP contribution in [0.4, 0.5) is 5.69 Å². The van der Waals surface area contributed by atoms with E-state index in [1.54, 1.807) is 13.0 Å². The van der Waals surface area contributed by atoms with Crippen LogP contribution in [0.3, 0.4) is 0 Å². The summed E-state index contributed by atoms with van der Waals surface area (Å²) in [6.07, 6.45) is -0.145. The van der Waals surface area contributed by atoms with Crippen molar-refractivity contribution in [1.29, 1.82) is 0 Å². The van der Waals surface area contributed by atoms with Crippen LogP contribution in [0.5, 0.6) is 5.75 Å². The van der Waals surface area contributed by atoms with Crippen LogP contribution in [-0.4, -0.2) is 16.6 Å². The molecule has 3 N–H and O–H groups in total. The van der Waals surface area contributed by atoms with Crippen LogP contribution in [0.25, 0.3) is 0 Å². The number of phenols is 1. The smallest absolute Gasteiger partial charge is 0.211 e. The summed E-state index contributed by atoms with van der Waals surface area (Å²) in [5.41, 5.74) is 0.940. The lowest BCUT2D eigenvalue weighted by atomic mass is 10.1. The third-order valence-corrected chi connectivity index (χ3v) is 1.72. The molecule has 0 radical (unpaired) electrons. The van der Waals surface area contributed by atoms with Gasteiger partial charge in [-0.15, -0.1) is 0 Å². The van der Waals surface area contributed by atoms with E-state index in [0.29, 0.717) is 17.7 Å². The van der Waals surface area contributed by atoms with Crippen LogP contribution in [0.2, 0.25) is 0 Å². The summed E-state index contributed by atoms with van der Waals surface area (Å²) in [5, 5.41) is 20.8. The van der Waals surface area contributed by atoms with Gasteiger partial charge in [0.2, 0.25) is 6.41 Å². The fraction of sp³-hybridized carbons (Fsp3) is 0.500. The zero-order valence-electron chi connectivity index (χ0n) is 11.2. The number of aliphatic hydroxyl groups is 1. The molecule has 1 atom stereocenters. The number of aliphatic hydroxyl groups excluding tert-OH is 1. The van der Waals surface area contributed by atoms with Crippen molar-refractivity contribution in [3.8, 4) is 5.75 Å². The number of anilines is 1. The Hall–Kier alpha value is -1.55. The number of nitrogens with one attached hydrogen (secondary N) is 1. The number of hydrogen-bond donors (Lipinski definition) is 3. The minimum absolute atomic E-state index is 0. The number of carbonyl (C=O) groups excluding carboxylic acids is 1. The van der Waals surface area contributed by atoms with Gasteiger partial charge >= 0.3 is 0 Å². The highest BCUT2D eigenvalue weighted by atomic mass is 16.3. The first kappa shape index (κ1) is 21.7. The van der Waals surface area contributed by atoms with Gasteiger partial charge in [-0.1, -0.05) is 41.2 Å². The number of phenolic OH excluding ortho intramolecular Hbond substituents is 1. The fourth-order valence-corrected chi connectivity index (χ4v) is 0.993. The molecule has 1 aromatic carbocycles. The third kappa shape index (κ3) is 7.68. The molecular weight excluding hydrogens is 230 g/mol. The van der Waals surface area contributed by atoms with Gasteiger partial charge in [0.05, 0.1) is 11.8 Å². The summed E-state index contributed by atoms with van der Waals surface area (Å²) >= 11 is 0. The Morgan fingerprint density at radius 2 is 1.72 bits per heavy atom. The van der Waals surface area contributed by atoms with Crippen LogP contribution in [0.1, 0.15) is 53.7 Å². The lowest BCUT2D eigenvalue weighted by Crippen LogP contribution is -1.97. The van der Waals surface area contributed by atoms with Crippen molar-refractivity contribution < 1.29 is 15.0 Å². The molecule has 4 nitrogen and oxygen atoms in total. The number of benzene rings is 1. The van der Waals surface area contributed by atoms with Gasteiger partial charge in [0.1, 0.15) is 5.75 Å². The maximum Gasteiger partial charge on any atom is 0.211 e. The molecule has 0 heterocycles. The van der Waals surface area contributed by atoms with Crippen LogP contribution in [0.15, 0.2) is 18.2 Å². The van der Waals surface area contributed by atoms with Gasteiger partial charge in [-0.3, -0.25) is 4.79 Å². The molecule has 0 aliphatic rings. The highest BCUT2D eigenvalue weighted by molar-refractivity contribution is 5.75. The summed E-state index contributed by atoms with van der Waals surface area (Å²) in [4.78, 5) is 10.1. The molecule has 106 valence electrons. The van der Waals surface area contributed by atoms with E-state index in [1.807, 2.05) is 27.7 Å². The summed E-state index contributed by atoms with van der Waals surface area (Å²) in [6, 6.07) is 4.54. The predicted molar refractivity (Wildman–Crippen MR) is 77.9 cm³/mol. The first-order chi connectivity index (χ1) is 8.15. The third-order valence-electron chi connectivity index (χ3n) is 1.72. The van der Waals surface area contributed by atoms with E-state index in [0.717, 1.165) is 0 Å². The number of aromatic hydroxyl groups is 1. The van der Waals surface area contributed by atoms with Crippen molar-refractivity contribution in [1.82, 2.24) is 0 Å². The summed E-state index contributed by atoms with van der Waals surface area (Å²) in [6.45, 7) is 9.61. The molecule has 1 aromatic rings. The molecule has 0 aromatic heterocycles. The molecule has 18 heavy (non-hydrogen) atoms. The van der Waals surface area contributed by atoms with Crippen LogP contribution < -0.4 is 5.32 Å². The van der Waals surface area contributed by atoms with Crippen molar-refractivity contribution in [3.63, 3.8) is 0 Å². The van der Waals surface area contributed by atoms with Gasteiger partial charge < -0.3 is 15.5 Å². The van der Waals surface area contributed by atoms with E-state index in [9.17, 15) is 15.0 Å². The second-order valence-electron chi connectivity index (χ2n) is 2.71. The Kier molecular flexibility index (Phi) is 16.3. The molecular formula is C14H27NO3. The van der Waals surface area contributed by atoms with Crippen molar-refractivity contribution >= 4 is 12.1 Å². The van der Waals surface area contributed by atoms with Crippen molar-refractivity contribution in [2.75, 3.05) is 5.32 Å². The maximum absolute atomic E-state index is 10.1. The lowest BCUT2D eigenvalue weighted by Gasteiger charge is -2.08. The largest absolute Gasteiger partial charge is 0.506 e. The van der Waals surface area contributed by atoms with E-state index in [4.69, 9.17) is 0 Å². The van der Waals surface area contributed by atoms with Gasteiger partial charge in [-0.2, -0.15) is 0 Å². The standard InChI is InChI=1S/C9H11NO3.2C2H6.CH4/c1-6(12)7-2-3-9(13)8(4-7)10-5-11;2*1-2;/h2-6,12-13H,1H3,(H,10,11);2*1-2H3;1H4. The van der Waals surface area contributed by atoms with Gasteiger partial charge in [0.25, 0.3) is 0 Å². The Bertz CT molecular complexity index is 312. The molecule has 0 saturated carbocycles. The van der Waals surface area contributed by atoms with E-state index in [-0.39, 0.29) is 13.2 Å². The fourth-order valence-electron chi connectivity index (χ4n) is 0.993. The van der Waals surface area contributed by atoms with Crippen molar-refractivity contribution in [3.05, 3.63) is 23.8 Å². The average molecular weight is 257 g/mol. The molecule has 0 spiro atoms. The van der Waals surface area contributed by atoms with Gasteiger partial charge in [-0.25, -0.2) is 0 Å². The Balaban J connectivity index is -0.000000409. The molecule has 0 bridgehead atoms. The minimum atomic E-state index is -0.618. The molecule has 0 fully saturated rings. The number of carbonyl (C=O) groups is 1. The predicted octanol–water partition coefficient (Wildman–Crippen LogP) is 3.70. The number of hydrogen-bond acceptors (Lipinski definition) is 3. The van der Waals surface area contributed by atoms with Crippen LogP contribution >= 0.6 is 0 Å². The van der Waals surface area contributed by atoms with Gasteiger partial charge in [0, 0.05) is 0 Å². The molecule has 1 rings (SSSR count). The molecule has 0 saturated heterocycles. The summed E-state index contributed by atoms with van der Waals surface area (Å²) < 4.78 is 0. The SMILES string of the molecule is C.CC.CC.CC(O)c1ccc(O)c(NC=O)c1. The topological polar surface area (TPSA) is 69.6 Å². The Morgan fingerprint density at radius 1 is 1.22 bits per heavy atom. The monoisotopic (exact) mass is 257 g/mol. The zero-order chi connectivity index (χ0) is 13.8. The minimum Gasteiger partial charge on any atom is -0.506 e. The number of rotatable bonds is 3. The first-order valence-corrected chi connectivity index (χ1v) is 5.86. The second kappa shape index (κ2) is 13.5. The average Bonchev–Trinajstić information content (AvgIpc) is 2.37. The van der Waals surface area contributed by atoms with Crippen molar-refractivity contribution in [2.45, 2.75) is 48.1 Å². The summed E-state index contributed by atoms with van der Waals surface area (Å²) in [7, 11) is 0. The number of amides is 1. The van der Waals surface area contributed by atoms with Crippen LogP contribution in [-0.2, 0) is 4.79 Å². The van der Waals surface area contributed by atoms with Crippen molar-refractivity contribution in [2.24, 2.45) is 0 Å². The molecule has 0 aliphatic heterocycles. The molecule has 1 unspecified atom stereocenters. The molecule has 0 aliphatic carbocycles. The van der Waals surface area contributed by atoms with E-state index >= 15 is 0 Å². The normalized spacial score (nSPS) is 9.44. The van der Waals surface area contributed by atoms with Gasteiger partial charge in [-0.05, 0) is 24.6 Å². The van der Waals surface area contributed by atoms with Crippen LogP contribution in [0, 0.1) is 0 Å². The Morgan fingerprint density at radius 3 is 2.11 bits per heavy atom. The zero-order valence-corrected chi connectivity index (χ0v) is 11.2. The highest BCUT2D eigenvalue weighted by Crippen LogP contribution is 2.26. The lowest BCUT2D eigenvalue weighted by molar-refractivity contribution is -0.105.